The van der Waals surface area contributed by atoms with E-state index in [1.54, 1.807) is 0 Å². The monoisotopic (exact) mass is 819 g/mol. The van der Waals surface area contributed by atoms with Gasteiger partial charge in [-0.15, -0.1) is 0 Å². The molecule has 0 aromatic carbocycles. The van der Waals surface area contributed by atoms with E-state index in [1.807, 2.05) is 0 Å². The summed E-state index contributed by atoms with van der Waals surface area (Å²) in [6.45, 7) is 23.5. The van der Waals surface area contributed by atoms with Crippen LogP contribution in [0.25, 0.3) is 0 Å². The molecule has 0 spiro atoms. The van der Waals surface area contributed by atoms with Crippen molar-refractivity contribution in [1.82, 2.24) is 19.6 Å². The molecule has 1 saturated heterocycles. The minimum Gasteiger partial charge on any atom is -0.392 e. The van der Waals surface area contributed by atoms with Crippen molar-refractivity contribution >= 4 is 0 Å². The molecule has 5 nitrogen and oxygen atoms in total. The molecule has 0 aromatic rings. The number of nitrogens with zero attached hydrogens (tertiary/aromatic N) is 4. The Hall–Kier alpha value is -0.200. The average Bonchev–Trinajstić information content (AvgIpc) is 3.24. The number of hydrogen-bond donors (Lipinski definition) is 1. The minimum atomic E-state index is -0.184. The van der Waals surface area contributed by atoms with E-state index in [9.17, 15) is 5.11 Å². The molecule has 0 radical (unpaired) electrons. The number of piperidine rings is 1. The Kier molecular flexibility index (Phi) is 43.2. The van der Waals surface area contributed by atoms with Crippen molar-refractivity contribution in [3.05, 3.63) is 0 Å². The molecule has 1 N–H and O–H groups in total. The van der Waals surface area contributed by atoms with Gasteiger partial charge in [0.15, 0.2) is 0 Å². The maximum atomic E-state index is 11.3. The molecule has 58 heavy (non-hydrogen) atoms. The van der Waals surface area contributed by atoms with Crippen LogP contribution in [-0.2, 0) is 0 Å². The van der Waals surface area contributed by atoms with Gasteiger partial charge in [0.25, 0.3) is 0 Å². The molecule has 1 rings (SSSR count). The first kappa shape index (κ1) is 55.8. The van der Waals surface area contributed by atoms with Gasteiger partial charge in [-0.25, -0.2) is 0 Å². The van der Waals surface area contributed by atoms with Crippen molar-refractivity contribution < 1.29 is 5.11 Å². The van der Waals surface area contributed by atoms with Crippen LogP contribution in [0.5, 0.6) is 0 Å². The van der Waals surface area contributed by atoms with Gasteiger partial charge in [-0.2, -0.15) is 0 Å². The first-order chi connectivity index (χ1) is 28.6. The summed E-state index contributed by atoms with van der Waals surface area (Å²) in [7, 11) is 0. The molecule has 1 unspecified atom stereocenters. The lowest BCUT2D eigenvalue weighted by atomic mass is 10.1. The van der Waals surface area contributed by atoms with Gasteiger partial charge >= 0.3 is 0 Å². The summed E-state index contributed by atoms with van der Waals surface area (Å²) in [6, 6.07) is 0. The van der Waals surface area contributed by atoms with Gasteiger partial charge < -0.3 is 19.8 Å². The third-order valence-corrected chi connectivity index (χ3v) is 13.5. The van der Waals surface area contributed by atoms with Gasteiger partial charge in [-0.3, -0.25) is 4.90 Å². The molecule has 0 aromatic heterocycles. The minimum absolute atomic E-state index is 0.184. The fourth-order valence-electron chi connectivity index (χ4n) is 9.31. The highest BCUT2D eigenvalue weighted by atomic mass is 16.3. The lowest BCUT2D eigenvalue weighted by Crippen LogP contribution is -2.45. The van der Waals surface area contributed by atoms with Crippen LogP contribution in [0.1, 0.15) is 259 Å². The molecule has 1 heterocycles. The van der Waals surface area contributed by atoms with Gasteiger partial charge in [0.2, 0.25) is 0 Å². The third-order valence-electron chi connectivity index (χ3n) is 13.5. The Bertz CT molecular complexity index is 755. The van der Waals surface area contributed by atoms with Crippen LogP contribution in [0.3, 0.4) is 0 Å². The van der Waals surface area contributed by atoms with Crippen molar-refractivity contribution in [1.29, 1.82) is 0 Å². The molecule has 0 saturated carbocycles. The number of aliphatic hydroxyl groups excluding tert-OH is 1. The van der Waals surface area contributed by atoms with E-state index in [-0.39, 0.29) is 6.10 Å². The van der Waals surface area contributed by atoms with Gasteiger partial charge in [-0.05, 0) is 71.2 Å². The highest BCUT2D eigenvalue weighted by Gasteiger charge is 2.17. The predicted molar refractivity (Wildman–Crippen MR) is 261 cm³/mol. The molecule has 348 valence electrons. The number of unbranched alkanes of at least 4 members (excludes halogenated alkanes) is 28. The number of aliphatic hydroxyl groups is 1. The molecule has 0 bridgehead atoms. The van der Waals surface area contributed by atoms with Gasteiger partial charge in [-0.1, -0.05) is 220 Å². The first-order valence-corrected chi connectivity index (χ1v) is 27.2. The molecular formula is C53H110N4O. The van der Waals surface area contributed by atoms with Crippen molar-refractivity contribution in [3.8, 4) is 0 Å². The third kappa shape index (κ3) is 37.6. The zero-order valence-electron chi connectivity index (χ0n) is 40.8. The van der Waals surface area contributed by atoms with Crippen LogP contribution in [0.4, 0.5) is 0 Å². The van der Waals surface area contributed by atoms with E-state index in [0.717, 1.165) is 32.6 Å². The molecule has 1 aliphatic rings. The summed E-state index contributed by atoms with van der Waals surface area (Å²) in [5.41, 5.74) is 0. The van der Waals surface area contributed by atoms with E-state index in [0.29, 0.717) is 0 Å². The Morgan fingerprint density at radius 3 is 1.03 bits per heavy atom. The summed E-state index contributed by atoms with van der Waals surface area (Å²) < 4.78 is 0. The maximum Gasteiger partial charge on any atom is 0.0667 e. The SMILES string of the molecule is CCCCCCCCCCC(O)CN(CCN1CCCCC1)CCN(CCCCCCCCCC)CCN(CCCCCCCCCC)CCCCCCCCCC. The smallest absolute Gasteiger partial charge is 0.0667 e. The zero-order chi connectivity index (χ0) is 41.8. The summed E-state index contributed by atoms with van der Waals surface area (Å²) in [4.78, 5) is 11.1. The van der Waals surface area contributed by atoms with Crippen molar-refractivity contribution in [2.24, 2.45) is 0 Å². The quantitative estimate of drug-likeness (QED) is 0.0619. The van der Waals surface area contributed by atoms with Crippen LogP contribution in [0.15, 0.2) is 0 Å². The second kappa shape index (κ2) is 44.8. The summed E-state index contributed by atoms with van der Waals surface area (Å²) in [5, 5.41) is 11.3. The normalized spacial score (nSPS) is 14.5. The molecule has 5 heteroatoms. The second-order valence-corrected chi connectivity index (χ2v) is 19.2. The number of likely N-dealkylation sites (tertiary alicyclic amines) is 1. The van der Waals surface area contributed by atoms with E-state index >= 15 is 0 Å². The summed E-state index contributed by atoms with van der Waals surface area (Å²) in [6.07, 6.45) is 49.4. The largest absolute Gasteiger partial charge is 0.392 e. The second-order valence-electron chi connectivity index (χ2n) is 19.2. The molecular weight excluding hydrogens is 709 g/mol. The first-order valence-electron chi connectivity index (χ1n) is 27.2. The highest BCUT2D eigenvalue weighted by Crippen LogP contribution is 2.15. The van der Waals surface area contributed by atoms with Crippen molar-refractivity contribution in [2.75, 3.05) is 78.5 Å². The maximum absolute atomic E-state index is 11.3. The van der Waals surface area contributed by atoms with Crippen molar-refractivity contribution in [2.45, 2.75) is 265 Å². The summed E-state index contributed by atoms with van der Waals surface area (Å²) in [5.74, 6) is 0. The van der Waals surface area contributed by atoms with E-state index < -0.39 is 0 Å². The lowest BCUT2D eigenvalue weighted by Gasteiger charge is -2.33. The molecule has 1 fully saturated rings. The standard InChI is InChI=1S/C53H110N4O/c1-5-9-13-17-21-25-29-34-40-53(58)52-57(50-48-55-43-38-33-39-44-55)51-49-56(45-37-32-28-24-20-16-12-8-4)47-46-54(41-35-30-26-22-18-14-10-6-2)42-36-31-27-23-19-15-11-7-3/h53,58H,5-52H2,1-4H3. The molecule has 1 aliphatic heterocycles. The average molecular weight is 819 g/mol. The number of hydrogen-bond acceptors (Lipinski definition) is 5. The van der Waals surface area contributed by atoms with Gasteiger partial charge in [0.1, 0.15) is 0 Å². The van der Waals surface area contributed by atoms with E-state index in [1.165, 1.54) is 277 Å². The number of rotatable bonds is 47. The lowest BCUT2D eigenvalue weighted by molar-refractivity contribution is 0.0842. The van der Waals surface area contributed by atoms with E-state index in [4.69, 9.17) is 0 Å². The Morgan fingerprint density at radius 2 is 0.655 bits per heavy atom. The fraction of sp³-hybridized carbons (Fsp3) is 1.00. The van der Waals surface area contributed by atoms with Crippen LogP contribution in [0.2, 0.25) is 0 Å². The summed E-state index contributed by atoms with van der Waals surface area (Å²) >= 11 is 0. The highest BCUT2D eigenvalue weighted by molar-refractivity contribution is 4.73. The topological polar surface area (TPSA) is 33.2 Å². The Labute approximate surface area is 367 Å². The zero-order valence-corrected chi connectivity index (χ0v) is 40.8. The van der Waals surface area contributed by atoms with Crippen LogP contribution >= 0.6 is 0 Å². The predicted octanol–water partition coefficient (Wildman–Crippen LogP) is 14.7. The van der Waals surface area contributed by atoms with E-state index in [2.05, 4.69) is 47.3 Å². The molecule has 0 amide bonds. The Morgan fingerprint density at radius 1 is 0.345 bits per heavy atom. The van der Waals surface area contributed by atoms with Crippen LogP contribution in [-0.4, -0.2) is 109 Å². The van der Waals surface area contributed by atoms with Crippen LogP contribution < -0.4 is 0 Å². The Balaban J connectivity index is 2.81. The molecule has 0 aliphatic carbocycles. The van der Waals surface area contributed by atoms with Crippen molar-refractivity contribution in [3.63, 3.8) is 0 Å². The van der Waals surface area contributed by atoms with Gasteiger partial charge in [0, 0.05) is 45.8 Å². The fourth-order valence-corrected chi connectivity index (χ4v) is 9.31. The van der Waals surface area contributed by atoms with Gasteiger partial charge in [0.05, 0.1) is 6.10 Å². The molecule has 1 atom stereocenters. The van der Waals surface area contributed by atoms with Crippen LogP contribution in [0, 0.1) is 0 Å².